The predicted octanol–water partition coefficient (Wildman–Crippen LogP) is 4.89. The Morgan fingerprint density at radius 2 is 1.27 bits per heavy atom. The molecule has 7 nitrogen and oxygen atoms in total. The molecular weight excluding hydrogens is 536 g/mol. The quantitative estimate of drug-likeness (QED) is 0.299. The molecule has 2 N–H and O–H groups in total. The van der Waals surface area contributed by atoms with E-state index in [1.165, 1.54) is 4.31 Å². The van der Waals surface area contributed by atoms with Gasteiger partial charge >= 0.3 is 5.97 Å². The Hall–Kier alpha value is -4.27. The minimum atomic E-state index is -3.73. The van der Waals surface area contributed by atoms with Gasteiger partial charge in [0.25, 0.3) is 0 Å². The van der Waals surface area contributed by atoms with Crippen molar-refractivity contribution in [1.29, 1.82) is 0 Å². The van der Waals surface area contributed by atoms with E-state index in [4.69, 9.17) is 0 Å². The van der Waals surface area contributed by atoms with Crippen LogP contribution in [-0.2, 0) is 31.4 Å². The van der Waals surface area contributed by atoms with Crippen molar-refractivity contribution in [3.8, 4) is 11.1 Å². The number of carbonyl (C=O) groups excluding carboxylic acids is 1. The van der Waals surface area contributed by atoms with Crippen molar-refractivity contribution in [2.24, 2.45) is 0 Å². The first-order valence-electron chi connectivity index (χ1n) is 13.6. The summed E-state index contributed by atoms with van der Waals surface area (Å²) in [6, 6.07) is 33.9. The molecule has 1 aliphatic rings. The molecule has 1 heterocycles. The molecule has 8 heteroatoms. The molecule has 0 bridgehead atoms. The highest BCUT2D eigenvalue weighted by molar-refractivity contribution is 7.89. The van der Waals surface area contributed by atoms with E-state index in [2.05, 4.69) is 5.32 Å². The summed E-state index contributed by atoms with van der Waals surface area (Å²) in [7, 11) is -3.73. The second-order valence-electron chi connectivity index (χ2n) is 10.3. The molecule has 1 amide bonds. The molecule has 1 saturated heterocycles. The number of rotatable bonds is 9. The number of carboxylic acid groups (broad SMARTS) is 1. The zero-order valence-electron chi connectivity index (χ0n) is 22.5. The highest BCUT2D eigenvalue weighted by Crippen LogP contribution is 2.38. The van der Waals surface area contributed by atoms with Crippen LogP contribution in [0.3, 0.4) is 0 Å². The number of amides is 1. The van der Waals surface area contributed by atoms with E-state index in [9.17, 15) is 23.1 Å². The van der Waals surface area contributed by atoms with E-state index in [0.717, 1.165) is 22.3 Å². The number of carbonyl (C=O) groups is 2. The number of hydrogen-bond donors (Lipinski definition) is 2. The van der Waals surface area contributed by atoms with Gasteiger partial charge in [0.05, 0.1) is 10.3 Å². The molecule has 0 spiro atoms. The SMILES string of the molecule is O=C(O)[C@H](Cc1ccccc1)NC(=O)C1(c2ccc(-c3ccccc3)cc2)CCN(S(=O)(=O)c2ccccc2)CC1. The summed E-state index contributed by atoms with van der Waals surface area (Å²) in [5.74, 6) is -1.54. The van der Waals surface area contributed by atoms with Gasteiger partial charge < -0.3 is 10.4 Å². The highest BCUT2D eigenvalue weighted by Gasteiger charge is 2.46. The molecule has 0 saturated carbocycles. The summed E-state index contributed by atoms with van der Waals surface area (Å²) in [6.45, 7) is 0.253. The predicted molar refractivity (Wildman–Crippen MR) is 158 cm³/mol. The molecule has 210 valence electrons. The number of carboxylic acids is 1. The molecular formula is C33H32N2O5S. The van der Waals surface area contributed by atoms with Gasteiger partial charge in [-0.25, -0.2) is 13.2 Å². The summed E-state index contributed by atoms with van der Waals surface area (Å²) in [6.07, 6.45) is 0.569. The molecule has 41 heavy (non-hydrogen) atoms. The zero-order chi connectivity index (χ0) is 28.9. The second kappa shape index (κ2) is 12.1. The lowest BCUT2D eigenvalue weighted by molar-refractivity contribution is -0.143. The number of piperidine rings is 1. The van der Waals surface area contributed by atoms with Gasteiger partial charge in [-0.3, -0.25) is 4.79 Å². The smallest absolute Gasteiger partial charge is 0.326 e. The van der Waals surface area contributed by atoms with Crippen LogP contribution in [0.5, 0.6) is 0 Å². The van der Waals surface area contributed by atoms with Gasteiger partial charge in [-0.05, 0) is 47.2 Å². The van der Waals surface area contributed by atoms with Gasteiger partial charge in [0.15, 0.2) is 0 Å². The molecule has 0 aliphatic carbocycles. The normalized spacial score (nSPS) is 16.0. The number of hydrogen-bond acceptors (Lipinski definition) is 4. The molecule has 5 rings (SSSR count). The fraction of sp³-hybridized carbons (Fsp3) is 0.212. The van der Waals surface area contributed by atoms with E-state index in [1.807, 2.05) is 84.9 Å². The largest absolute Gasteiger partial charge is 0.480 e. The minimum absolute atomic E-state index is 0.126. The maximum atomic E-state index is 14.1. The van der Waals surface area contributed by atoms with Gasteiger partial charge in [0, 0.05) is 19.5 Å². The van der Waals surface area contributed by atoms with Crippen molar-refractivity contribution >= 4 is 21.9 Å². The molecule has 4 aromatic carbocycles. The van der Waals surface area contributed by atoms with E-state index in [-0.39, 0.29) is 37.2 Å². The molecule has 1 aliphatic heterocycles. The summed E-state index contributed by atoms with van der Waals surface area (Å²) in [5.41, 5.74) is 2.46. The number of benzene rings is 4. The van der Waals surface area contributed by atoms with E-state index >= 15 is 0 Å². The van der Waals surface area contributed by atoms with Crippen molar-refractivity contribution in [3.63, 3.8) is 0 Å². The fourth-order valence-corrected chi connectivity index (χ4v) is 6.92. The first-order chi connectivity index (χ1) is 19.8. The molecule has 1 atom stereocenters. The van der Waals surface area contributed by atoms with E-state index in [1.54, 1.807) is 30.3 Å². The summed E-state index contributed by atoms with van der Waals surface area (Å²) in [4.78, 5) is 26.5. The molecule has 0 aromatic heterocycles. The summed E-state index contributed by atoms with van der Waals surface area (Å²) < 4.78 is 28.1. The Bertz CT molecular complexity index is 1580. The standard InChI is InChI=1S/C33H32N2O5S/c36-31(37)30(24-25-10-4-1-5-11-25)34-32(38)33(28-18-16-27(17-19-28)26-12-6-2-7-13-26)20-22-35(23-21-33)41(39,40)29-14-8-3-9-15-29/h1-19,30H,20-24H2,(H,34,38)(H,36,37)/t30-/m0/s1. The Kier molecular flexibility index (Phi) is 8.33. The lowest BCUT2D eigenvalue weighted by Crippen LogP contribution is -2.56. The monoisotopic (exact) mass is 568 g/mol. The minimum Gasteiger partial charge on any atom is -0.480 e. The number of nitrogens with one attached hydrogen (secondary N) is 1. The Morgan fingerprint density at radius 3 is 1.83 bits per heavy atom. The van der Waals surface area contributed by atoms with Crippen LogP contribution in [-0.4, -0.2) is 48.8 Å². The lowest BCUT2D eigenvalue weighted by atomic mass is 9.72. The van der Waals surface area contributed by atoms with Crippen LogP contribution >= 0.6 is 0 Å². The Morgan fingerprint density at radius 1 is 0.756 bits per heavy atom. The van der Waals surface area contributed by atoms with Crippen LogP contribution in [0, 0.1) is 0 Å². The van der Waals surface area contributed by atoms with Crippen LogP contribution in [0.1, 0.15) is 24.0 Å². The average molecular weight is 569 g/mol. The number of sulfonamides is 1. The Labute approximate surface area is 240 Å². The number of aliphatic carboxylic acids is 1. The van der Waals surface area contributed by atoms with Crippen LogP contribution in [0.4, 0.5) is 0 Å². The lowest BCUT2D eigenvalue weighted by Gasteiger charge is -2.41. The molecule has 0 radical (unpaired) electrons. The maximum absolute atomic E-state index is 14.1. The van der Waals surface area contributed by atoms with E-state index < -0.39 is 33.4 Å². The Balaban J connectivity index is 1.45. The van der Waals surface area contributed by atoms with Crippen LogP contribution in [0.15, 0.2) is 120 Å². The highest BCUT2D eigenvalue weighted by atomic mass is 32.2. The summed E-state index contributed by atoms with van der Waals surface area (Å²) >= 11 is 0. The van der Waals surface area contributed by atoms with Crippen molar-refractivity contribution in [2.45, 2.75) is 35.6 Å². The van der Waals surface area contributed by atoms with Crippen molar-refractivity contribution in [3.05, 3.63) is 126 Å². The van der Waals surface area contributed by atoms with Crippen LogP contribution in [0.2, 0.25) is 0 Å². The average Bonchev–Trinajstić information content (AvgIpc) is 3.02. The van der Waals surface area contributed by atoms with Crippen molar-refractivity contribution in [1.82, 2.24) is 9.62 Å². The number of nitrogens with zero attached hydrogens (tertiary/aromatic N) is 1. The third-order valence-corrected chi connectivity index (χ3v) is 9.74. The van der Waals surface area contributed by atoms with Gasteiger partial charge in [-0.2, -0.15) is 4.31 Å². The molecule has 4 aromatic rings. The van der Waals surface area contributed by atoms with Crippen LogP contribution < -0.4 is 5.32 Å². The zero-order valence-corrected chi connectivity index (χ0v) is 23.3. The summed E-state index contributed by atoms with van der Waals surface area (Å²) in [5, 5.41) is 12.8. The molecule has 1 fully saturated rings. The van der Waals surface area contributed by atoms with Gasteiger partial charge in [0.2, 0.25) is 15.9 Å². The van der Waals surface area contributed by atoms with Crippen molar-refractivity contribution in [2.75, 3.05) is 13.1 Å². The van der Waals surface area contributed by atoms with E-state index in [0.29, 0.717) is 0 Å². The topological polar surface area (TPSA) is 104 Å². The van der Waals surface area contributed by atoms with Crippen molar-refractivity contribution < 1.29 is 23.1 Å². The van der Waals surface area contributed by atoms with Gasteiger partial charge in [0.1, 0.15) is 6.04 Å². The van der Waals surface area contributed by atoms with Crippen LogP contribution in [0.25, 0.3) is 11.1 Å². The van der Waals surface area contributed by atoms with Gasteiger partial charge in [-0.1, -0.05) is 103 Å². The third kappa shape index (κ3) is 6.09. The fourth-order valence-electron chi connectivity index (χ4n) is 5.46. The second-order valence-corrected chi connectivity index (χ2v) is 12.2. The van der Waals surface area contributed by atoms with Gasteiger partial charge in [-0.15, -0.1) is 0 Å². The first-order valence-corrected chi connectivity index (χ1v) is 15.0. The maximum Gasteiger partial charge on any atom is 0.326 e. The third-order valence-electron chi connectivity index (χ3n) is 7.82. The first kappa shape index (κ1) is 28.3. The molecule has 0 unspecified atom stereocenters.